The van der Waals surface area contributed by atoms with Crippen LogP contribution in [0.15, 0.2) is 22.8 Å². The van der Waals surface area contributed by atoms with Crippen LogP contribution in [-0.4, -0.2) is 41.2 Å². The third-order valence-electron chi connectivity index (χ3n) is 4.77. The lowest BCUT2D eigenvalue weighted by Crippen LogP contribution is -2.36. The molecule has 22 heavy (non-hydrogen) atoms. The standard InChI is InChI=1S/C17H25NO4/c19-15(16-6-3-11-22-16)12-13-4-1-9-18(13)17(20)8-7-14-5-2-10-21-14/h3,6,11,13-15,19H,1-2,4-5,7-10,12H2. The van der Waals surface area contributed by atoms with E-state index in [4.69, 9.17) is 9.15 Å². The Kier molecular flexibility index (Phi) is 5.16. The Bertz CT molecular complexity index is 467. The Labute approximate surface area is 131 Å². The summed E-state index contributed by atoms with van der Waals surface area (Å²) in [5, 5.41) is 10.2. The molecule has 0 aliphatic carbocycles. The zero-order valence-electron chi connectivity index (χ0n) is 12.9. The van der Waals surface area contributed by atoms with E-state index in [1.165, 1.54) is 0 Å². The van der Waals surface area contributed by atoms with Crippen molar-refractivity contribution in [3.05, 3.63) is 24.2 Å². The number of aliphatic hydroxyl groups excluding tert-OH is 1. The molecule has 0 aromatic carbocycles. The maximum atomic E-state index is 12.4. The van der Waals surface area contributed by atoms with Crippen LogP contribution in [0.4, 0.5) is 0 Å². The maximum absolute atomic E-state index is 12.4. The second-order valence-corrected chi connectivity index (χ2v) is 6.32. The number of rotatable bonds is 6. The number of nitrogens with zero attached hydrogens (tertiary/aromatic N) is 1. The molecule has 0 bridgehead atoms. The molecule has 0 radical (unpaired) electrons. The fourth-order valence-corrected chi connectivity index (χ4v) is 3.56. The summed E-state index contributed by atoms with van der Waals surface area (Å²) in [5.41, 5.74) is 0. The predicted molar refractivity (Wildman–Crippen MR) is 81.2 cm³/mol. The zero-order valence-corrected chi connectivity index (χ0v) is 12.9. The molecule has 1 aromatic rings. The Balaban J connectivity index is 1.50. The lowest BCUT2D eigenvalue weighted by atomic mass is 10.0. The van der Waals surface area contributed by atoms with Crippen LogP contribution in [0.5, 0.6) is 0 Å². The molecule has 5 heteroatoms. The minimum Gasteiger partial charge on any atom is -0.467 e. The molecule has 1 N–H and O–H groups in total. The van der Waals surface area contributed by atoms with Gasteiger partial charge in [0.05, 0.1) is 12.4 Å². The van der Waals surface area contributed by atoms with Gasteiger partial charge in [0.1, 0.15) is 11.9 Å². The van der Waals surface area contributed by atoms with Gasteiger partial charge in [0.15, 0.2) is 0 Å². The molecule has 2 aliphatic heterocycles. The first kappa shape index (κ1) is 15.6. The molecule has 2 saturated heterocycles. The van der Waals surface area contributed by atoms with Crippen molar-refractivity contribution in [1.82, 2.24) is 4.90 Å². The van der Waals surface area contributed by atoms with Gasteiger partial charge in [0.2, 0.25) is 5.91 Å². The molecule has 1 aromatic heterocycles. The van der Waals surface area contributed by atoms with Crippen molar-refractivity contribution >= 4 is 5.91 Å². The highest BCUT2D eigenvalue weighted by Gasteiger charge is 2.31. The van der Waals surface area contributed by atoms with E-state index in [2.05, 4.69) is 0 Å². The minimum atomic E-state index is -0.633. The van der Waals surface area contributed by atoms with Crippen LogP contribution in [0.25, 0.3) is 0 Å². The van der Waals surface area contributed by atoms with Gasteiger partial charge in [-0.05, 0) is 44.2 Å². The van der Waals surface area contributed by atoms with Crippen molar-refractivity contribution in [1.29, 1.82) is 0 Å². The second-order valence-electron chi connectivity index (χ2n) is 6.32. The van der Waals surface area contributed by atoms with Gasteiger partial charge in [0, 0.05) is 32.0 Å². The third kappa shape index (κ3) is 3.70. The summed E-state index contributed by atoms with van der Waals surface area (Å²) in [6.45, 7) is 1.64. The van der Waals surface area contributed by atoms with E-state index in [1.54, 1.807) is 18.4 Å². The number of hydrogen-bond acceptors (Lipinski definition) is 4. The third-order valence-corrected chi connectivity index (χ3v) is 4.77. The van der Waals surface area contributed by atoms with Gasteiger partial charge in [0.25, 0.3) is 0 Å². The van der Waals surface area contributed by atoms with Gasteiger partial charge in [-0.15, -0.1) is 0 Å². The number of carbonyl (C=O) groups excluding carboxylic acids is 1. The molecular formula is C17H25NO4. The molecule has 3 unspecified atom stereocenters. The number of furan rings is 1. The summed E-state index contributed by atoms with van der Waals surface area (Å²) in [6.07, 6.45) is 7.29. The summed E-state index contributed by atoms with van der Waals surface area (Å²) in [7, 11) is 0. The normalized spacial score (nSPS) is 26.5. The van der Waals surface area contributed by atoms with Gasteiger partial charge in [-0.2, -0.15) is 0 Å². The molecule has 3 heterocycles. The van der Waals surface area contributed by atoms with E-state index in [9.17, 15) is 9.90 Å². The van der Waals surface area contributed by atoms with Crippen molar-refractivity contribution in [2.75, 3.05) is 13.2 Å². The topological polar surface area (TPSA) is 62.9 Å². The average molecular weight is 307 g/mol. The fourth-order valence-electron chi connectivity index (χ4n) is 3.56. The van der Waals surface area contributed by atoms with Crippen molar-refractivity contribution < 1.29 is 19.1 Å². The first-order chi connectivity index (χ1) is 10.7. The lowest BCUT2D eigenvalue weighted by molar-refractivity contribution is -0.133. The molecule has 0 spiro atoms. The highest BCUT2D eigenvalue weighted by atomic mass is 16.5. The maximum Gasteiger partial charge on any atom is 0.222 e. The summed E-state index contributed by atoms with van der Waals surface area (Å²) in [4.78, 5) is 14.4. The molecule has 3 atom stereocenters. The van der Waals surface area contributed by atoms with Crippen LogP contribution in [0.3, 0.4) is 0 Å². The average Bonchev–Trinajstić information content (AvgIpc) is 3.25. The number of carbonyl (C=O) groups is 1. The van der Waals surface area contributed by atoms with Crippen molar-refractivity contribution in [2.24, 2.45) is 0 Å². The quantitative estimate of drug-likeness (QED) is 0.877. The lowest BCUT2D eigenvalue weighted by Gasteiger charge is -2.26. The van der Waals surface area contributed by atoms with Crippen molar-refractivity contribution in [3.63, 3.8) is 0 Å². The van der Waals surface area contributed by atoms with E-state index in [0.717, 1.165) is 45.3 Å². The fraction of sp³-hybridized carbons (Fsp3) is 0.706. The van der Waals surface area contributed by atoms with Gasteiger partial charge < -0.3 is 19.2 Å². The Morgan fingerprint density at radius 2 is 2.32 bits per heavy atom. The van der Waals surface area contributed by atoms with Crippen LogP contribution >= 0.6 is 0 Å². The van der Waals surface area contributed by atoms with Crippen LogP contribution in [0, 0.1) is 0 Å². The van der Waals surface area contributed by atoms with Crippen molar-refractivity contribution in [3.8, 4) is 0 Å². The Morgan fingerprint density at radius 1 is 1.41 bits per heavy atom. The van der Waals surface area contributed by atoms with Gasteiger partial charge in [-0.25, -0.2) is 0 Å². The van der Waals surface area contributed by atoms with E-state index in [0.29, 0.717) is 18.6 Å². The molecular weight excluding hydrogens is 282 g/mol. The first-order valence-electron chi connectivity index (χ1n) is 8.36. The Morgan fingerprint density at radius 3 is 3.05 bits per heavy atom. The van der Waals surface area contributed by atoms with E-state index in [1.807, 2.05) is 4.90 Å². The smallest absolute Gasteiger partial charge is 0.222 e. The minimum absolute atomic E-state index is 0.122. The van der Waals surface area contributed by atoms with Gasteiger partial charge in [-0.3, -0.25) is 4.79 Å². The van der Waals surface area contributed by atoms with E-state index < -0.39 is 6.10 Å². The Hall–Kier alpha value is -1.33. The summed E-state index contributed by atoms with van der Waals surface area (Å²) in [5.74, 6) is 0.781. The number of aliphatic hydroxyl groups is 1. The molecule has 3 rings (SSSR count). The van der Waals surface area contributed by atoms with E-state index in [-0.39, 0.29) is 18.1 Å². The monoisotopic (exact) mass is 307 g/mol. The SMILES string of the molecule is O=C(CCC1CCCO1)N1CCCC1CC(O)c1ccco1. The van der Waals surface area contributed by atoms with Gasteiger partial charge in [-0.1, -0.05) is 0 Å². The number of ether oxygens (including phenoxy) is 1. The summed E-state index contributed by atoms with van der Waals surface area (Å²) in [6, 6.07) is 3.68. The molecule has 2 fully saturated rings. The molecule has 122 valence electrons. The highest BCUT2D eigenvalue weighted by molar-refractivity contribution is 5.76. The number of hydrogen-bond donors (Lipinski definition) is 1. The van der Waals surface area contributed by atoms with Crippen LogP contribution < -0.4 is 0 Å². The first-order valence-corrected chi connectivity index (χ1v) is 8.36. The summed E-state index contributed by atoms with van der Waals surface area (Å²) < 4.78 is 10.8. The number of amides is 1. The van der Waals surface area contributed by atoms with Crippen LogP contribution in [0.1, 0.15) is 56.8 Å². The molecule has 2 aliphatic rings. The van der Waals surface area contributed by atoms with Crippen molar-refractivity contribution in [2.45, 2.75) is 63.2 Å². The summed E-state index contributed by atoms with van der Waals surface area (Å²) >= 11 is 0. The predicted octanol–water partition coefficient (Wildman–Crippen LogP) is 2.65. The largest absolute Gasteiger partial charge is 0.467 e. The molecule has 0 saturated carbocycles. The van der Waals surface area contributed by atoms with Crippen LogP contribution in [0.2, 0.25) is 0 Å². The van der Waals surface area contributed by atoms with E-state index >= 15 is 0 Å². The number of likely N-dealkylation sites (tertiary alicyclic amines) is 1. The molecule has 5 nitrogen and oxygen atoms in total. The highest BCUT2D eigenvalue weighted by Crippen LogP contribution is 2.28. The zero-order chi connectivity index (χ0) is 15.4. The van der Waals surface area contributed by atoms with Gasteiger partial charge >= 0.3 is 0 Å². The van der Waals surface area contributed by atoms with Crippen LogP contribution in [-0.2, 0) is 9.53 Å². The second kappa shape index (κ2) is 7.29. The molecule has 1 amide bonds.